The topological polar surface area (TPSA) is 88.4 Å². The van der Waals surface area contributed by atoms with Crippen molar-refractivity contribution in [3.8, 4) is 0 Å². The van der Waals surface area contributed by atoms with Gasteiger partial charge in [-0.1, -0.05) is 26.0 Å². The Hall–Kier alpha value is -1.97. The molecule has 1 amide bonds. The van der Waals surface area contributed by atoms with E-state index in [1.807, 2.05) is 17.0 Å². The number of ether oxygens (including phenoxy) is 1. The van der Waals surface area contributed by atoms with E-state index in [9.17, 15) is 18.0 Å². The zero-order valence-electron chi connectivity index (χ0n) is 19.4. The van der Waals surface area contributed by atoms with Crippen molar-refractivity contribution in [2.24, 2.45) is 5.92 Å². The van der Waals surface area contributed by atoms with Crippen molar-refractivity contribution in [1.29, 1.82) is 0 Å². The molecule has 2 heterocycles. The van der Waals surface area contributed by atoms with Gasteiger partial charge in [-0.15, -0.1) is 0 Å². The van der Waals surface area contributed by atoms with Gasteiger partial charge < -0.3 is 14.5 Å². The zero-order chi connectivity index (χ0) is 23.3. The van der Waals surface area contributed by atoms with E-state index < -0.39 is 10.0 Å². The van der Waals surface area contributed by atoms with Crippen molar-refractivity contribution in [2.75, 3.05) is 52.4 Å². The number of nitrogens with zero attached hydrogens (tertiary/aromatic N) is 2. The van der Waals surface area contributed by atoms with Gasteiger partial charge in [0.2, 0.25) is 10.0 Å². The highest BCUT2D eigenvalue weighted by Gasteiger charge is 2.33. The molecule has 8 nitrogen and oxygen atoms in total. The third-order valence-electron chi connectivity index (χ3n) is 6.48. The van der Waals surface area contributed by atoms with Gasteiger partial charge in [-0.25, -0.2) is 8.42 Å². The number of hydrogen-bond acceptors (Lipinski definition) is 5. The van der Waals surface area contributed by atoms with Crippen molar-refractivity contribution in [3.63, 3.8) is 0 Å². The molecule has 0 atom stereocenters. The number of nitrogens with one attached hydrogen (secondary N) is 1. The first-order chi connectivity index (χ1) is 15.2. The molecule has 1 N–H and O–H groups in total. The SMILES string of the molecule is CCOC(=O)C1CCN(C(=O)C[NH+]2CCN(S(=O)(=O)c3ccc(C(C)C)cc3)CC2)CC1. The fourth-order valence-corrected chi connectivity index (χ4v) is 5.79. The molecule has 0 aromatic heterocycles. The minimum atomic E-state index is -3.52. The molecule has 0 saturated carbocycles. The molecule has 0 unspecified atom stereocenters. The largest absolute Gasteiger partial charge is 0.466 e. The number of carbonyl (C=O) groups is 2. The monoisotopic (exact) mass is 466 g/mol. The molecule has 2 aliphatic rings. The van der Waals surface area contributed by atoms with E-state index in [1.165, 1.54) is 4.31 Å². The molecule has 32 heavy (non-hydrogen) atoms. The van der Waals surface area contributed by atoms with Crippen LogP contribution in [-0.2, 0) is 24.3 Å². The Kier molecular flexibility index (Phi) is 8.30. The summed E-state index contributed by atoms with van der Waals surface area (Å²) in [7, 11) is -3.52. The highest BCUT2D eigenvalue weighted by molar-refractivity contribution is 7.89. The maximum Gasteiger partial charge on any atom is 0.309 e. The lowest BCUT2D eigenvalue weighted by Crippen LogP contribution is -3.15. The predicted octanol–water partition coefficient (Wildman–Crippen LogP) is 0.501. The molecular weight excluding hydrogens is 430 g/mol. The van der Waals surface area contributed by atoms with Crippen LogP contribution in [0.15, 0.2) is 29.2 Å². The van der Waals surface area contributed by atoms with E-state index >= 15 is 0 Å². The lowest BCUT2D eigenvalue weighted by molar-refractivity contribution is -0.896. The van der Waals surface area contributed by atoms with Crippen molar-refractivity contribution in [1.82, 2.24) is 9.21 Å². The molecule has 0 radical (unpaired) electrons. The van der Waals surface area contributed by atoms with Crippen molar-refractivity contribution >= 4 is 21.9 Å². The maximum absolute atomic E-state index is 13.0. The lowest BCUT2D eigenvalue weighted by atomic mass is 9.97. The third-order valence-corrected chi connectivity index (χ3v) is 8.40. The van der Waals surface area contributed by atoms with Gasteiger partial charge in [-0.2, -0.15) is 4.31 Å². The molecule has 1 aromatic rings. The van der Waals surface area contributed by atoms with Gasteiger partial charge in [0.15, 0.2) is 6.54 Å². The first kappa shape index (κ1) is 24.7. The van der Waals surface area contributed by atoms with Crippen molar-refractivity contribution < 1.29 is 27.6 Å². The number of rotatable bonds is 7. The Labute approximate surface area is 191 Å². The normalized spacial score (nSPS) is 19.3. The quantitative estimate of drug-likeness (QED) is 0.592. The van der Waals surface area contributed by atoms with Crippen molar-refractivity contribution in [2.45, 2.75) is 44.4 Å². The minimum absolute atomic E-state index is 0.0721. The fourth-order valence-electron chi connectivity index (χ4n) is 4.34. The summed E-state index contributed by atoms with van der Waals surface area (Å²) in [4.78, 5) is 27.8. The molecule has 178 valence electrons. The van der Waals surface area contributed by atoms with Crippen LogP contribution in [0.4, 0.5) is 0 Å². The van der Waals surface area contributed by atoms with Crippen LogP contribution in [0.5, 0.6) is 0 Å². The van der Waals surface area contributed by atoms with Gasteiger partial charge in [0.1, 0.15) is 0 Å². The van der Waals surface area contributed by atoms with Crippen LogP contribution in [0, 0.1) is 5.92 Å². The molecule has 2 saturated heterocycles. The average Bonchev–Trinajstić information content (AvgIpc) is 2.79. The smallest absolute Gasteiger partial charge is 0.309 e. The Balaban J connectivity index is 1.47. The molecular formula is C23H36N3O5S+. The molecule has 2 aliphatic heterocycles. The molecule has 2 fully saturated rings. The van der Waals surface area contributed by atoms with Gasteiger partial charge in [-0.3, -0.25) is 9.59 Å². The zero-order valence-corrected chi connectivity index (χ0v) is 20.2. The second-order valence-corrected chi connectivity index (χ2v) is 10.9. The van der Waals surface area contributed by atoms with Crippen LogP contribution < -0.4 is 4.90 Å². The molecule has 1 aromatic carbocycles. The number of hydrogen-bond donors (Lipinski definition) is 1. The highest BCUT2D eigenvalue weighted by Crippen LogP contribution is 2.21. The van der Waals surface area contributed by atoms with E-state index in [4.69, 9.17) is 4.74 Å². The standard InChI is InChI=1S/C23H35N3O5S/c1-4-31-23(28)20-9-11-25(12-10-20)22(27)17-24-13-15-26(16-14-24)32(29,30)21-7-5-19(6-8-21)18(2)3/h5-8,18,20H,4,9-17H2,1-3H3/p+1. The number of piperazine rings is 1. The van der Waals surface area contributed by atoms with E-state index in [-0.39, 0.29) is 17.8 Å². The fraction of sp³-hybridized carbons (Fsp3) is 0.652. The molecule has 9 heteroatoms. The van der Waals surface area contributed by atoms with Gasteiger partial charge in [-0.05, 0) is 43.4 Å². The first-order valence-corrected chi connectivity index (χ1v) is 13.0. The lowest BCUT2D eigenvalue weighted by Gasteiger charge is -2.34. The van der Waals surface area contributed by atoms with Crippen LogP contribution >= 0.6 is 0 Å². The molecule has 0 aliphatic carbocycles. The van der Waals surface area contributed by atoms with Crippen LogP contribution in [0.25, 0.3) is 0 Å². The van der Waals surface area contributed by atoms with E-state index in [0.29, 0.717) is 76.1 Å². The van der Waals surface area contributed by atoms with E-state index in [1.54, 1.807) is 19.1 Å². The predicted molar refractivity (Wildman–Crippen MR) is 121 cm³/mol. The number of likely N-dealkylation sites (tertiary alicyclic amines) is 1. The Morgan fingerprint density at radius 2 is 1.66 bits per heavy atom. The molecule has 0 spiro atoms. The van der Waals surface area contributed by atoms with Crippen molar-refractivity contribution in [3.05, 3.63) is 29.8 Å². The molecule has 3 rings (SSSR count). The molecule has 0 bridgehead atoms. The number of sulfonamides is 1. The van der Waals surface area contributed by atoms with Gasteiger partial charge in [0.05, 0.1) is 43.6 Å². The van der Waals surface area contributed by atoms with Crippen LogP contribution in [0.3, 0.4) is 0 Å². The van der Waals surface area contributed by atoms with Gasteiger partial charge in [0, 0.05) is 13.1 Å². The summed E-state index contributed by atoms with van der Waals surface area (Å²) >= 11 is 0. The summed E-state index contributed by atoms with van der Waals surface area (Å²) in [5, 5.41) is 0. The van der Waals surface area contributed by atoms with Gasteiger partial charge in [0.25, 0.3) is 5.91 Å². The highest BCUT2D eigenvalue weighted by atomic mass is 32.2. The van der Waals surface area contributed by atoms with Crippen LogP contribution in [0.1, 0.15) is 45.1 Å². The summed E-state index contributed by atoms with van der Waals surface area (Å²) < 4.78 is 32.6. The number of amides is 1. The first-order valence-electron chi connectivity index (χ1n) is 11.6. The second kappa shape index (κ2) is 10.8. The number of benzene rings is 1. The minimum Gasteiger partial charge on any atom is -0.466 e. The maximum atomic E-state index is 13.0. The van der Waals surface area contributed by atoms with Crippen LogP contribution in [0.2, 0.25) is 0 Å². The average molecular weight is 467 g/mol. The Morgan fingerprint density at radius 3 is 2.19 bits per heavy atom. The summed E-state index contributed by atoms with van der Waals surface area (Å²) in [6, 6.07) is 7.13. The second-order valence-electron chi connectivity index (χ2n) is 8.96. The summed E-state index contributed by atoms with van der Waals surface area (Å²) in [6.45, 7) is 9.86. The summed E-state index contributed by atoms with van der Waals surface area (Å²) in [5.74, 6) is 0.145. The van der Waals surface area contributed by atoms with E-state index in [2.05, 4.69) is 13.8 Å². The van der Waals surface area contributed by atoms with E-state index in [0.717, 1.165) is 10.5 Å². The summed E-state index contributed by atoms with van der Waals surface area (Å²) in [5.41, 5.74) is 1.11. The number of quaternary nitrogens is 1. The third kappa shape index (κ3) is 5.88. The Bertz CT molecular complexity index is 885. The number of piperidine rings is 1. The van der Waals surface area contributed by atoms with Crippen LogP contribution in [-0.4, -0.2) is 81.9 Å². The number of esters is 1. The van der Waals surface area contributed by atoms with Gasteiger partial charge >= 0.3 is 5.97 Å². The Morgan fingerprint density at radius 1 is 1.06 bits per heavy atom. The summed E-state index contributed by atoms with van der Waals surface area (Å²) in [6.07, 6.45) is 1.28. The number of carbonyl (C=O) groups excluding carboxylic acids is 2.